The molecular weight excluding hydrogens is 441 g/mol. The second kappa shape index (κ2) is 8.46. The molecule has 0 spiro atoms. The molecule has 0 saturated carbocycles. The molecule has 3 rings (SSSR count). The summed E-state index contributed by atoms with van der Waals surface area (Å²) in [7, 11) is -4.29. The molecule has 1 heterocycles. The maximum atomic E-state index is 12.8. The number of halogens is 3. The van der Waals surface area contributed by atoms with E-state index in [9.17, 15) is 31.2 Å². The van der Waals surface area contributed by atoms with Crippen LogP contribution >= 0.6 is 0 Å². The number of hydrogen-bond donors (Lipinski definition) is 1. The van der Waals surface area contributed by atoms with Crippen LogP contribution < -0.4 is 10.5 Å². The minimum Gasteiger partial charge on any atom is -0.464 e. The number of oxazole rings is 1. The first-order valence-electron chi connectivity index (χ1n) is 9.00. The number of hydrogen-bond acceptors (Lipinski definition) is 6. The zero-order chi connectivity index (χ0) is 22.8. The lowest BCUT2D eigenvalue weighted by Gasteiger charge is -2.11. The number of fused-ring (bicyclic) bond motifs is 1. The van der Waals surface area contributed by atoms with Gasteiger partial charge in [-0.2, -0.15) is 13.2 Å². The van der Waals surface area contributed by atoms with Gasteiger partial charge in [-0.25, -0.2) is 13.2 Å². The Bertz CT molecular complexity index is 1280. The van der Waals surface area contributed by atoms with E-state index in [1.165, 1.54) is 12.1 Å². The summed E-state index contributed by atoms with van der Waals surface area (Å²) < 4.78 is 76.7. The van der Waals surface area contributed by atoms with Crippen LogP contribution in [0.2, 0.25) is 0 Å². The highest BCUT2D eigenvalue weighted by atomic mass is 32.2. The van der Waals surface area contributed by atoms with Crippen molar-refractivity contribution >= 4 is 32.8 Å². The van der Waals surface area contributed by atoms with Gasteiger partial charge in [0.25, 0.3) is 10.0 Å². The van der Waals surface area contributed by atoms with Gasteiger partial charge in [-0.05, 0) is 36.8 Å². The molecule has 0 unspecified atom stereocenters. The first-order chi connectivity index (χ1) is 14.5. The number of anilines is 1. The lowest BCUT2D eigenvalue weighted by molar-refractivity contribution is -0.144. The Labute approximate surface area is 174 Å². The van der Waals surface area contributed by atoms with Crippen LogP contribution in [0, 0.1) is 0 Å². The van der Waals surface area contributed by atoms with E-state index in [0.29, 0.717) is 12.5 Å². The zero-order valence-electron chi connectivity index (χ0n) is 16.1. The number of nitrogens with one attached hydrogen (secondary N) is 1. The van der Waals surface area contributed by atoms with Crippen molar-refractivity contribution in [3.63, 3.8) is 0 Å². The van der Waals surface area contributed by atoms with Crippen LogP contribution in [0.5, 0.6) is 0 Å². The number of benzene rings is 2. The van der Waals surface area contributed by atoms with Crippen LogP contribution in [0.25, 0.3) is 11.1 Å². The van der Waals surface area contributed by atoms with Crippen LogP contribution in [-0.4, -0.2) is 25.6 Å². The van der Waals surface area contributed by atoms with Gasteiger partial charge in [0.05, 0.1) is 22.6 Å². The van der Waals surface area contributed by atoms with Crippen molar-refractivity contribution in [2.45, 2.75) is 31.0 Å². The van der Waals surface area contributed by atoms with E-state index in [2.05, 4.69) is 4.72 Å². The summed E-state index contributed by atoms with van der Waals surface area (Å²) >= 11 is 0. The molecule has 0 saturated heterocycles. The highest BCUT2D eigenvalue weighted by Crippen LogP contribution is 2.31. The fraction of sp³-hybridized carbons (Fsp3) is 0.263. The van der Waals surface area contributed by atoms with Crippen LogP contribution in [-0.2, 0) is 32.3 Å². The molecule has 3 aromatic rings. The van der Waals surface area contributed by atoms with Crippen molar-refractivity contribution in [1.82, 2.24) is 4.57 Å². The SMILES string of the molecule is CCCOC(=O)Cn1c(=O)oc2cc(S(=O)(=O)Nc3cccc(C(F)(F)F)c3)ccc21. The largest absolute Gasteiger partial charge is 0.464 e. The zero-order valence-corrected chi connectivity index (χ0v) is 16.9. The number of carbonyl (C=O) groups is 1. The minimum absolute atomic E-state index is 0.111. The molecule has 0 aliphatic heterocycles. The van der Waals surface area contributed by atoms with Crippen molar-refractivity contribution in [1.29, 1.82) is 0 Å². The molecule has 0 radical (unpaired) electrons. The molecule has 12 heteroatoms. The van der Waals surface area contributed by atoms with E-state index in [4.69, 9.17) is 9.15 Å². The van der Waals surface area contributed by atoms with Crippen molar-refractivity contribution in [3.05, 3.63) is 58.6 Å². The Morgan fingerprint density at radius 3 is 2.61 bits per heavy atom. The minimum atomic E-state index is -4.63. The van der Waals surface area contributed by atoms with Crippen molar-refractivity contribution in [2.24, 2.45) is 0 Å². The molecule has 1 aromatic heterocycles. The maximum absolute atomic E-state index is 12.8. The Balaban J connectivity index is 1.89. The molecule has 0 aliphatic carbocycles. The summed E-state index contributed by atoms with van der Waals surface area (Å²) in [4.78, 5) is 23.5. The average Bonchev–Trinajstić information content (AvgIpc) is 3.00. The number of rotatable bonds is 7. The van der Waals surface area contributed by atoms with Gasteiger partial charge in [-0.15, -0.1) is 0 Å². The number of esters is 1. The number of nitrogens with zero attached hydrogens (tertiary/aromatic N) is 1. The van der Waals surface area contributed by atoms with Crippen molar-refractivity contribution in [2.75, 3.05) is 11.3 Å². The molecule has 31 heavy (non-hydrogen) atoms. The molecule has 166 valence electrons. The maximum Gasteiger partial charge on any atom is 0.420 e. The average molecular weight is 458 g/mol. The Kier molecular flexibility index (Phi) is 6.11. The van der Waals surface area contributed by atoms with E-state index in [1.54, 1.807) is 0 Å². The summed E-state index contributed by atoms with van der Waals surface area (Å²) in [5.74, 6) is -1.54. The van der Waals surface area contributed by atoms with Crippen LogP contribution in [0.3, 0.4) is 0 Å². The Hall–Kier alpha value is -3.28. The van der Waals surface area contributed by atoms with Gasteiger partial charge in [0.15, 0.2) is 5.58 Å². The third-order valence-corrected chi connectivity index (χ3v) is 5.53. The van der Waals surface area contributed by atoms with Gasteiger partial charge < -0.3 is 9.15 Å². The van der Waals surface area contributed by atoms with E-state index in [0.717, 1.165) is 28.8 Å². The summed E-state index contributed by atoms with van der Waals surface area (Å²) in [6, 6.07) is 7.15. The molecule has 0 amide bonds. The fourth-order valence-electron chi connectivity index (χ4n) is 2.73. The normalized spacial score (nSPS) is 12.1. The van der Waals surface area contributed by atoms with E-state index >= 15 is 0 Å². The molecular formula is C19H17F3N2O6S. The molecule has 8 nitrogen and oxygen atoms in total. The number of ether oxygens (including phenoxy) is 1. The van der Waals surface area contributed by atoms with E-state index in [-0.39, 0.29) is 28.3 Å². The molecule has 0 atom stereocenters. The first kappa shape index (κ1) is 22.4. The van der Waals surface area contributed by atoms with Crippen LogP contribution in [0.4, 0.5) is 18.9 Å². The van der Waals surface area contributed by atoms with Crippen molar-refractivity contribution in [3.8, 4) is 0 Å². The van der Waals surface area contributed by atoms with E-state index in [1.807, 2.05) is 6.92 Å². The third kappa shape index (κ3) is 5.08. The standard InChI is InChI=1S/C19H17F3N2O6S/c1-2-8-29-17(25)11-24-15-7-6-14(10-16(15)30-18(24)26)31(27,28)23-13-5-3-4-12(9-13)19(20,21)22/h3-7,9-10,23H,2,8,11H2,1H3. The molecule has 0 aliphatic rings. The number of aromatic nitrogens is 1. The van der Waals surface area contributed by atoms with Crippen molar-refractivity contribution < 1.29 is 35.5 Å². The Morgan fingerprint density at radius 1 is 1.19 bits per heavy atom. The van der Waals surface area contributed by atoms with Gasteiger partial charge in [0, 0.05) is 11.8 Å². The molecule has 0 fully saturated rings. The van der Waals surface area contributed by atoms with Gasteiger partial charge in [-0.1, -0.05) is 13.0 Å². The summed E-state index contributed by atoms with van der Waals surface area (Å²) in [6.45, 7) is 1.58. The first-order valence-corrected chi connectivity index (χ1v) is 10.5. The molecule has 1 N–H and O–H groups in total. The Morgan fingerprint density at radius 2 is 1.94 bits per heavy atom. The van der Waals surface area contributed by atoms with E-state index < -0.39 is 40.0 Å². The van der Waals surface area contributed by atoms with Gasteiger partial charge in [0.2, 0.25) is 0 Å². The van der Waals surface area contributed by atoms with Gasteiger partial charge >= 0.3 is 17.9 Å². The highest BCUT2D eigenvalue weighted by molar-refractivity contribution is 7.92. The third-order valence-electron chi connectivity index (χ3n) is 4.15. The van der Waals surface area contributed by atoms with Gasteiger partial charge in [-0.3, -0.25) is 14.1 Å². The van der Waals surface area contributed by atoms with Crippen LogP contribution in [0.1, 0.15) is 18.9 Å². The fourth-order valence-corrected chi connectivity index (χ4v) is 3.79. The smallest absolute Gasteiger partial charge is 0.420 e. The monoisotopic (exact) mass is 458 g/mol. The summed E-state index contributed by atoms with van der Waals surface area (Å²) in [5.41, 5.74) is -1.24. The molecule has 0 bridgehead atoms. The van der Waals surface area contributed by atoms with Gasteiger partial charge in [0.1, 0.15) is 6.54 Å². The predicted octanol–water partition coefficient (Wildman–Crippen LogP) is 3.37. The predicted molar refractivity (Wildman–Crippen MR) is 104 cm³/mol. The number of alkyl halides is 3. The molecule has 2 aromatic carbocycles. The lowest BCUT2D eigenvalue weighted by atomic mass is 10.2. The second-order valence-corrected chi connectivity index (χ2v) is 8.17. The topological polar surface area (TPSA) is 108 Å². The quantitative estimate of drug-likeness (QED) is 0.544. The highest BCUT2D eigenvalue weighted by Gasteiger charge is 2.30. The number of carbonyl (C=O) groups excluding carboxylic acids is 1. The lowest BCUT2D eigenvalue weighted by Crippen LogP contribution is -2.21. The second-order valence-electron chi connectivity index (χ2n) is 6.49. The summed E-state index contributed by atoms with van der Waals surface area (Å²) in [5, 5.41) is 0. The summed E-state index contributed by atoms with van der Waals surface area (Å²) in [6.07, 6.45) is -4.03. The number of sulfonamides is 1. The van der Waals surface area contributed by atoms with Crippen LogP contribution in [0.15, 0.2) is 56.6 Å².